The van der Waals surface area contributed by atoms with Gasteiger partial charge in [0.15, 0.2) is 0 Å². The van der Waals surface area contributed by atoms with E-state index >= 15 is 0 Å². The van der Waals surface area contributed by atoms with E-state index in [2.05, 4.69) is 16.8 Å². The predicted molar refractivity (Wildman–Crippen MR) is 40.1 cm³/mol. The van der Waals surface area contributed by atoms with E-state index in [1.165, 1.54) is 0 Å². The van der Waals surface area contributed by atoms with E-state index < -0.39 is 0 Å². The Morgan fingerprint density at radius 2 is 1.60 bits per heavy atom. The first kappa shape index (κ1) is 6.39. The molecule has 1 heterocycles. The third-order valence-electron chi connectivity index (χ3n) is 1.04. The molecule has 1 aromatic rings. The van der Waals surface area contributed by atoms with Crippen LogP contribution in [-0.2, 0) is 0 Å². The zero-order valence-corrected chi connectivity index (χ0v) is 5.33. The molecule has 0 aromatic carbocycles. The average Bonchev–Trinajstić information content (AvgIpc) is 2.05. The average molecular weight is 127 g/mol. The molecule has 0 fully saturated rings. The second kappa shape index (κ2) is 2.71. The molecule has 1 nitrogen and oxygen atoms in total. The van der Waals surface area contributed by atoms with Gasteiger partial charge in [0.25, 0.3) is 0 Å². The minimum absolute atomic E-state index is 0.579. The van der Waals surface area contributed by atoms with Gasteiger partial charge in [-0.1, -0.05) is 17.9 Å². The van der Waals surface area contributed by atoms with Crippen molar-refractivity contribution in [1.29, 1.82) is 0 Å². The zero-order chi connectivity index (χ0) is 7.40. The number of aromatic nitrogens is 1. The van der Waals surface area contributed by atoms with Crippen LogP contribution in [0.4, 0.5) is 0 Å². The lowest BCUT2D eigenvalue weighted by Gasteiger charge is -1.89. The van der Waals surface area contributed by atoms with Crippen molar-refractivity contribution in [3.63, 3.8) is 0 Å². The second-order valence-electron chi connectivity index (χ2n) is 1.70. The number of rotatable bonds is 0. The summed E-state index contributed by atoms with van der Waals surface area (Å²) in [4.78, 5) is 3.94. The lowest BCUT2D eigenvalue weighted by molar-refractivity contribution is 1.25. The van der Waals surface area contributed by atoms with Crippen LogP contribution in [0.3, 0.4) is 0 Å². The molecule has 1 heteroatoms. The third kappa shape index (κ3) is 1.16. The van der Waals surface area contributed by atoms with Gasteiger partial charge in [0.2, 0.25) is 0 Å². The van der Waals surface area contributed by atoms with Crippen LogP contribution in [-0.4, -0.2) is 4.98 Å². The van der Waals surface area contributed by atoms with Gasteiger partial charge in [-0.2, -0.15) is 0 Å². The maximum absolute atomic E-state index is 5.09. The molecule has 0 aliphatic carbocycles. The van der Waals surface area contributed by atoms with Gasteiger partial charge in [0.05, 0.1) is 0 Å². The number of terminal acetylenes is 2. The molecular formula is C9H5N. The Bertz CT molecular complexity index is 283. The van der Waals surface area contributed by atoms with Crippen LogP contribution in [0.1, 0.15) is 11.4 Å². The lowest BCUT2D eigenvalue weighted by atomic mass is 10.3. The smallest absolute Gasteiger partial charge is 0.114 e. The zero-order valence-electron chi connectivity index (χ0n) is 5.33. The van der Waals surface area contributed by atoms with Gasteiger partial charge < -0.3 is 0 Å². The van der Waals surface area contributed by atoms with Crippen LogP contribution in [0.25, 0.3) is 0 Å². The Morgan fingerprint density at radius 3 is 2.00 bits per heavy atom. The van der Waals surface area contributed by atoms with Gasteiger partial charge >= 0.3 is 0 Å². The molecule has 0 atom stereocenters. The summed E-state index contributed by atoms with van der Waals surface area (Å²) in [5.41, 5.74) is 1.16. The summed E-state index contributed by atoms with van der Waals surface area (Å²) in [6, 6.07) is 5.26. The lowest BCUT2D eigenvalue weighted by Crippen LogP contribution is -1.84. The number of hydrogen-bond acceptors (Lipinski definition) is 1. The highest BCUT2D eigenvalue weighted by molar-refractivity contribution is 5.31. The molecule has 10 heavy (non-hydrogen) atoms. The van der Waals surface area contributed by atoms with Crippen molar-refractivity contribution in [3.8, 4) is 24.7 Å². The van der Waals surface area contributed by atoms with E-state index in [4.69, 9.17) is 12.8 Å². The highest BCUT2D eigenvalue weighted by Crippen LogP contribution is 1.94. The van der Waals surface area contributed by atoms with E-state index in [0.717, 1.165) is 0 Å². The molecule has 46 valence electrons. The van der Waals surface area contributed by atoms with E-state index in [1.54, 1.807) is 18.2 Å². The van der Waals surface area contributed by atoms with Crippen molar-refractivity contribution in [2.24, 2.45) is 0 Å². The highest BCUT2D eigenvalue weighted by atomic mass is 14.7. The van der Waals surface area contributed by atoms with Crippen molar-refractivity contribution in [2.45, 2.75) is 0 Å². The fraction of sp³-hybridized carbons (Fsp3) is 0. The van der Waals surface area contributed by atoms with Crippen LogP contribution in [0.2, 0.25) is 0 Å². The Kier molecular flexibility index (Phi) is 1.73. The molecule has 0 saturated heterocycles. The first-order chi connectivity index (χ1) is 4.86. The number of nitrogens with zero attached hydrogens (tertiary/aromatic N) is 1. The molecule has 0 unspecified atom stereocenters. The SMILES string of the molecule is C#Cc1cccc(C#C)n1. The fourth-order valence-corrected chi connectivity index (χ4v) is 0.595. The van der Waals surface area contributed by atoms with Crippen LogP contribution in [0, 0.1) is 24.7 Å². The maximum Gasteiger partial charge on any atom is 0.114 e. The number of pyridine rings is 1. The van der Waals surface area contributed by atoms with Crippen molar-refractivity contribution in [1.82, 2.24) is 4.98 Å². The van der Waals surface area contributed by atoms with E-state index in [9.17, 15) is 0 Å². The minimum atomic E-state index is 0.579. The Balaban J connectivity index is 3.17. The maximum atomic E-state index is 5.09. The summed E-state index contributed by atoms with van der Waals surface area (Å²) < 4.78 is 0. The summed E-state index contributed by atoms with van der Waals surface area (Å²) in [5.74, 6) is 4.79. The van der Waals surface area contributed by atoms with Crippen molar-refractivity contribution in [3.05, 3.63) is 29.6 Å². The fourth-order valence-electron chi connectivity index (χ4n) is 0.595. The first-order valence-corrected chi connectivity index (χ1v) is 2.77. The van der Waals surface area contributed by atoms with Crippen molar-refractivity contribution in [2.75, 3.05) is 0 Å². The summed E-state index contributed by atoms with van der Waals surface area (Å²) in [6.45, 7) is 0. The predicted octanol–water partition coefficient (Wildman–Crippen LogP) is 1.04. The van der Waals surface area contributed by atoms with Crippen LogP contribution >= 0.6 is 0 Å². The summed E-state index contributed by atoms with van der Waals surface area (Å²) >= 11 is 0. The van der Waals surface area contributed by atoms with Gasteiger partial charge in [-0.15, -0.1) is 12.8 Å². The summed E-state index contributed by atoms with van der Waals surface area (Å²) in [5, 5.41) is 0. The highest BCUT2D eigenvalue weighted by Gasteiger charge is 1.88. The Morgan fingerprint density at radius 1 is 1.10 bits per heavy atom. The van der Waals surface area contributed by atoms with E-state index in [-0.39, 0.29) is 0 Å². The Hall–Kier alpha value is -1.73. The van der Waals surface area contributed by atoms with Gasteiger partial charge in [0, 0.05) is 0 Å². The van der Waals surface area contributed by atoms with Gasteiger partial charge in [-0.3, -0.25) is 0 Å². The van der Waals surface area contributed by atoms with Crippen LogP contribution < -0.4 is 0 Å². The van der Waals surface area contributed by atoms with E-state index in [0.29, 0.717) is 11.4 Å². The largest absolute Gasteiger partial charge is 0.231 e. The second-order valence-corrected chi connectivity index (χ2v) is 1.70. The topological polar surface area (TPSA) is 12.9 Å². The molecule has 0 saturated carbocycles. The van der Waals surface area contributed by atoms with Gasteiger partial charge in [0.1, 0.15) is 11.4 Å². The van der Waals surface area contributed by atoms with Crippen molar-refractivity contribution >= 4 is 0 Å². The Labute approximate surface area is 60.1 Å². The monoisotopic (exact) mass is 127 g/mol. The standard InChI is InChI=1S/C9H5N/c1-3-8-6-5-7-9(4-2)10-8/h1-2,5-7H. The van der Waals surface area contributed by atoms with Gasteiger partial charge in [-0.05, 0) is 12.1 Å². The van der Waals surface area contributed by atoms with Crippen molar-refractivity contribution < 1.29 is 0 Å². The molecule has 0 spiro atoms. The van der Waals surface area contributed by atoms with Gasteiger partial charge in [-0.25, -0.2) is 4.98 Å². The molecule has 0 radical (unpaired) electrons. The molecule has 1 aromatic heterocycles. The van der Waals surface area contributed by atoms with Crippen LogP contribution in [0.15, 0.2) is 18.2 Å². The molecule has 0 N–H and O–H groups in total. The molecular weight excluding hydrogens is 122 g/mol. The quantitative estimate of drug-likeness (QED) is 0.474. The first-order valence-electron chi connectivity index (χ1n) is 2.77. The molecule has 0 amide bonds. The molecule has 1 rings (SSSR count). The molecule has 0 bridgehead atoms. The third-order valence-corrected chi connectivity index (χ3v) is 1.04. The van der Waals surface area contributed by atoms with E-state index in [1.807, 2.05) is 0 Å². The normalized spacial score (nSPS) is 7.80. The number of hydrogen-bond donors (Lipinski definition) is 0. The minimum Gasteiger partial charge on any atom is -0.231 e. The molecule has 0 aliphatic heterocycles. The summed E-state index contributed by atoms with van der Waals surface area (Å²) in [6.07, 6.45) is 10.2. The summed E-state index contributed by atoms with van der Waals surface area (Å²) in [7, 11) is 0. The molecule has 0 aliphatic rings. The van der Waals surface area contributed by atoms with Crippen LogP contribution in [0.5, 0.6) is 0 Å².